The molecule has 1 saturated heterocycles. The van der Waals surface area contributed by atoms with E-state index >= 15 is 0 Å². The number of carbonyl (C=O) groups excluding carboxylic acids is 1. The summed E-state index contributed by atoms with van der Waals surface area (Å²) in [4.78, 5) is 12.0. The quantitative estimate of drug-likeness (QED) is 0.591. The SMILES string of the molecule is COC=CC[C@]12CCC3(OCCO3)C(C1)Oc1c(OC)cc(CCNC(=O)OC(C)(C)C)cc12. The first-order chi connectivity index (χ1) is 16.2. The molecule has 2 fully saturated rings. The zero-order valence-electron chi connectivity index (χ0n) is 20.9. The van der Waals surface area contributed by atoms with Gasteiger partial charge in [-0.15, -0.1) is 0 Å². The number of methoxy groups -OCH3 is 2. The molecular weight excluding hydrogens is 438 g/mol. The fourth-order valence-corrected chi connectivity index (χ4v) is 5.27. The Kier molecular flexibility index (Phi) is 7.01. The molecule has 0 radical (unpaired) electrons. The molecule has 2 aliphatic heterocycles. The molecule has 2 atom stereocenters. The van der Waals surface area contributed by atoms with Gasteiger partial charge in [0.15, 0.2) is 17.6 Å². The maximum Gasteiger partial charge on any atom is 0.407 e. The zero-order chi connectivity index (χ0) is 24.4. The van der Waals surface area contributed by atoms with Crippen molar-refractivity contribution in [3.05, 3.63) is 35.6 Å². The Hall–Kier alpha value is -2.45. The molecule has 8 nitrogen and oxygen atoms in total. The molecule has 2 bridgehead atoms. The highest BCUT2D eigenvalue weighted by atomic mass is 16.8. The summed E-state index contributed by atoms with van der Waals surface area (Å²) < 4.78 is 35.0. The van der Waals surface area contributed by atoms with Crippen molar-refractivity contribution in [3.8, 4) is 11.5 Å². The van der Waals surface area contributed by atoms with E-state index < -0.39 is 17.5 Å². The van der Waals surface area contributed by atoms with Gasteiger partial charge in [0.1, 0.15) is 5.60 Å². The Morgan fingerprint density at radius 1 is 1.21 bits per heavy atom. The summed E-state index contributed by atoms with van der Waals surface area (Å²) in [5.41, 5.74) is 1.53. The maximum atomic E-state index is 12.0. The van der Waals surface area contributed by atoms with E-state index in [9.17, 15) is 4.79 Å². The van der Waals surface area contributed by atoms with E-state index in [1.807, 2.05) is 26.8 Å². The summed E-state index contributed by atoms with van der Waals surface area (Å²) in [6, 6.07) is 4.18. The minimum atomic E-state index is -0.687. The first kappa shape index (κ1) is 24.7. The van der Waals surface area contributed by atoms with Gasteiger partial charge in [-0.25, -0.2) is 4.79 Å². The van der Waals surface area contributed by atoms with Gasteiger partial charge in [-0.05, 0) is 64.2 Å². The second-order valence-corrected chi connectivity index (χ2v) is 10.3. The van der Waals surface area contributed by atoms with Crippen LogP contribution in [0, 0.1) is 0 Å². The smallest absolute Gasteiger partial charge is 0.407 e. The summed E-state index contributed by atoms with van der Waals surface area (Å²) in [6.07, 6.45) is 7.10. The van der Waals surface area contributed by atoms with Gasteiger partial charge in [-0.2, -0.15) is 0 Å². The van der Waals surface area contributed by atoms with E-state index in [4.69, 9.17) is 28.4 Å². The molecule has 1 aromatic rings. The molecule has 34 heavy (non-hydrogen) atoms. The molecule has 1 N–H and O–H groups in total. The third-order valence-corrected chi connectivity index (χ3v) is 6.78. The number of fused-ring (bicyclic) bond motifs is 5. The van der Waals surface area contributed by atoms with Crippen LogP contribution in [0.1, 0.15) is 57.6 Å². The monoisotopic (exact) mass is 475 g/mol. The lowest BCUT2D eigenvalue weighted by molar-refractivity contribution is -0.242. The van der Waals surface area contributed by atoms with Crippen LogP contribution in [-0.4, -0.2) is 57.6 Å². The topological polar surface area (TPSA) is 84.5 Å². The first-order valence-electron chi connectivity index (χ1n) is 12.0. The van der Waals surface area contributed by atoms with Crippen molar-refractivity contribution in [2.24, 2.45) is 0 Å². The van der Waals surface area contributed by atoms with Crippen molar-refractivity contribution in [3.63, 3.8) is 0 Å². The molecular formula is C26H37NO7. The number of benzene rings is 1. The van der Waals surface area contributed by atoms with Crippen LogP contribution in [0.15, 0.2) is 24.5 Å². The highest BCUT2D eigenvalue weighted by molar-refractivity contribution is 5.67. The van der Waals surface area contributed by atoms with Crippen molar-refractivity contribution < 1.29 is 33.2 Å². The van der Waals surface area contributed by atoms with Gasteiger partial charge in [0.2, 0.25) is 5.79 Å². The maximum absolute atomic E-state index is 12.0. The highest BCUT2D eigenvalue weighted by Crippen LogP contribution is 2.57. The summed E-state index contributed by atoms with van der Waals surface area (Å²) >= 11 is 0. The molecule has 4 rings (SSSR count). The van der Waals surface area contributed by atoms with Gasteiger partial charge < -0.3 is 33.7 Å². The number of rotatable bonds is 7. The van der Waals surface area contributed by atoms with Crippen molar-refractivity contribution in [1.29, 1.82) is 0 Å². The molecule has 1 spiro atoms. The lowest BCUT2D eigenvalue weighted by Gasteiger charge is -2.52. The largest absolute Gasteiger partial charge is 0.505 e. The summed E-state index contributed by atoms with van der Waals surface area (Å²) in [7, 11) is 3.31. The fraction of sp³-hybridized carbons (Fsp3) is 0.654. The minimum absolute atomic E-state index is 0.143. The van der Waals surface area contributed by atoms with Crippen LogP contribution in [0.4, 0.5) is 4.79 Å². The van der Waals surface area contributed by atoms with E-state index in [0.29, 0.717) is 31.9 Å². The molecule has 0 aromatic heterocycles. The summed E-state index contributed by atoms with van der Waals surface area (Å²) in [5.74, 6) is 0.754. The number of carbonyl (C=O) groups is 1. The van der Waals surface area contributed by atoms with E-state index in [0.717, 1.165) is 42.6 Å². The highest BCUT2D eigenvalue weighted by Gasteiger charge is 2.58. The van der Waals surface area contributed by atoms with Crippen LogP contribution in [-0.2, 0) is 30.8 Å². The first-order valence-corrected chi connectivity index (χ1v) is 12.0. The van der Waals surface area contributed by atoms with Gasteiger partial charge in [0.05, 0.1) is 33.7 Å². The average molecular weight is 476 g/mol. The van der Waals surface area contributed by atoms with Crippen molar-refractivity contribution >= 4 is 6.09 Å². The van der Waals surface area contributed by atoms with Crippen LogP contribution < -0.4 is 14.8 Å². The van der Waals surface area contributed by atoms with Crippen LogP contribution in [0.2, 0.25) is 0 Å². The molecule has 188 valence electrons. The third kappa shape index (κ3) is 4.98. The molecule has 1 aromatic carbocycles. The van der Waals surface area contributed by atoms with Gasteiger partial charge in [0.25, 0.3) is 0 Å². The van der Waals surface area contributed by atoms with Gasteiger partial charge in [-0.1, -0.05) is 6.07 Å². The number of nitrogens with one attached hydrogen (secondary N) is 1. The van der Waals surface area contributed by atoms with E-state index in [2.05, 4.69) is 17.5 Å². The summed E-state index contributed by atoms with van der Waals surface area (Å²) in [5, 5.41) is 2.84. The lowest BCUT2D eigenvalue weighted by atomic mass is 9.63. The van der Waals surface area contributed by atoms with Gasteiger partial charge in [0, 0.05) is 23.9 Å². The molecule has 1 unspecified atom stereocenters. The predicted octanol–water partition coefficient (Wildman–Crippen LogP) is 4.24. The summed E-state index contributed by atoms with van der Waals surface area (Å²) in [6.45, 7) is 7.18. The van der Waals surface area contributed by atoms with Crippen LogP contribution in [0.25, 0.3) is 0 Å². The van der Waals surface area contributed by atoms with Crippen LogP contribution in [0.5, 0.6) is 11.5 Å². The second-order valence-electron chi connectivity index (χ2n) is 10.3. The van der Waals surface area contributed by atoms with Gasteiger partial charge >= 0.3 is 6.09 Å². The average Bonchev–Trinajstić information content (AvgIpc) is 3.25. The molecule has 1 amide bonds. The molecule has 3 aliphatic rings. The van der Waals surface area contributed by atoms with E-state index in [-0.39, 0.29) is 11.5 Å². The second kappa shape index (κ2) is 9.66. The Labute approximate surface area is 201 Å². The molecule has 1 aliphatic carbocycles. The number of ether oxygens (including phenoxy) is 6. The van der Waals surface area contributed by atoms with Crippen molar-refractivity contribution in [2.75, 3.05) is 34.0 Å². The number of hydrogen-bond acceptors (Lipinski definition) is 7. The normalized spacial score (nSPS) is 25.0. The van der Waals surface area contributed by atoms with Gasteiger partial charge in [-0.3, -0.25) is 0 Å². The Morgan fingerprint density at radius 2 is 1.97 bits per heavy atom. The number of alkyl carbamates (subject to hydrolysis) is 1. The van der Waals surface area contributed by atoms with Crippen LogP contribution in [0.3, 0.4) is 0 Å². The molecule has 1 saturated carbocycles. The third-order valence-electron chi connectivity index (χ3n) is 6.78. The number of hydrogen-bond donors (Lipinski definition) is 1. The molecule has 8 heteroatoms. The predicted molar refractivity (Wildman–Crippen MR) is 126 cm³/mol. The van der Waals surface area contributed by atoms with E-state index in [1.165, 1.54) is 0 Å². The van der Waals surface area contributed by atoms with Crippen LogP contribution >= 0.6 is 0 Å². The molecule has 2 heterocycles. The van der Waals surface area contributed by atoms with Crippen molar-refractivity contribution in [1.82, 2.24) is 5.32 Å². The zero-order valence-corrected chi connectivity index (χ0v) is 20.9. The Balaban J connectivity index is 1.61. The Bertz CT molecular complexity index is 916. The number of amides is 1. The van der Waals surface area contributed by atoms with Crippen molar-refractivity contribution in [2.45, 2.75) is 75.8 Å². The lowest BCUT2D eigenvalue weighted by Crippen LogP contribution is -2.57. The van der Waals surface area contributed by atoms with E-state index in [1.54, 1.807) is 20.5 Å². The standard InChI is InChI=1S/C26H37NO7/c1-24(2,3)34-23(28)27-11-7-18-15-19-22(20(16-18)30-5)33-21-17-25(19,8-6-12-29-4)9-10-26(21)31-13-14-32-26/h6,12,15-16,21H,7-11,13-14,17H2,1-5H3,(H,27,28)/t21?,25-/m0/s1. The minimum Gasteiger partial charge on any atom is -0.505 e. The Morgan fingerprint density at radius 3 is 2.65 bits per heavy atom. The fourth-order valence-electron chi connectivity index (χ4n) is 5.27. The number of allylic oxidation sites excluding steroid dienone is 1.